The normalized spacial score (nSPS) is 15.8. The molecule has 0 fully saturated rings. The number of rotatable bonds is 2. The van der Waals surface area contributed by atoms with Crippen LogP contribution in [0.4, 0.5) is 13.2 Å². The van der Waals surface area contributed by atoms with Gasteiger partial charge >= 0.3 is 6.18 Å². The van der Waals surface area contributed by atoms with Gasteiger partial charge in [0.2, 0.25) is 0 Å². The van der Waals surface area contributed by atoms with E-state index in [4.69, 9.17) is 0 Å². The van der Waals surface area contributed by atoms with Crippen LogP contribution in [-0.4, -0.2) is 23.3 Å². The molecule has 1 aliphatic rings. The summed E-state index contributed by atoms with van der Waals surface area (Å²) >= 11 is 0. The van der Waals surface area contributed by atoms with Crippen LogP contribution in [0.25, 0.3) is 6.08 Å². The summed E-state index contributed by atoms with van der Waals surface area (Å²) in [6.07, 6.45) is 1.05. The fraction of sp³-hybridized carbons (Fsp3) is 0.200. The molecular formula is C15H12F3NO2. The number of carbonyl (C=O) groups excluding carboxylic acids is 2. The third-order valence-electron chi connectivity index (χ3n) is 2.98. The van der Waals surface area contributed by atoms with Crippen molar-refractivity contribution in [2.24, 2.45) is 0 Å². The predicted molar refractivity (Wildman–Crippen MR) is 71.0 cm³/mol. The van der Waals surface area contributed by atoms with Crippen molar-refractivity contribution in [2.45, 2.75) is 12.6 Å². The Hall–Kier alpha value is -2.37. The lowest BCUT2D eigenvalue weighted by Gasteiger charge is -2.19. The van der Waals surface area contributed by atoms with E-state index in [1.807, 2.05) is 0 Å². The lowest BCUT2D eigenvalue weighted by Crippen LogP contribution is -2.37. The second-order valence-electron chi connectivity index (χ2n) is 4.44. The minimum Gasteiger partial charge on any atom is -0.275 e. The molecule has 1 aromatic rings. The number of benzene rings is 1. The Morgan fingerprint density at radius 1 is 1.24 bits per heavy atom. The molecule has 110 valence electrons. The fourth-order valence-corrected chi connectivity index (χ4v) is 1.96. The van der Waals surface area contributed by atoms with Crippen LogP contribution >= 0.6 is 0 Å². The number of alkyl halides is 3. The molecule has 1 aromatic carbocycles. The highest BCUT2D eigenvalue weighted by molar-refractivity contribution is 6.06. The highest BCUT2D eigenvalue weighted by Gasteiger charge is 2.32. The molecule has 0 aliphatic carbocycles. The summed E-state index contributed by atoms with van der Waals surface area (Å²) in [4.78, 5) is 24.3. The molecule has 0 atom stereocenters. The number of amides is 2. The van der Waals surface area contributed by atoms with E-state index in [1.165, 1.54) is 24.3 Å². The van der Waals surface area contributed by atoms with Gasteiger partial charge in [0.05, 0.1) is 5.56 Å². The summed E-state index contributed by atoms with van der Waals surface area (Å²) in [6, 6.07) is 4.94. The van der Waals surface area contributed by atoms with E-state index in [-0.39, 0.29) is 12.1 Å². The molecule has 2 amide bonds. The summed E-state index contributed by atoms with van der Waals surface area (Å²) in [5.41, 5.74) is -0.933. The Kier molecular flexibility index (Phi) is 4.26. The smallest absolute Gasteiger partial charge is 0.275 e. The van der Waals surface area contributed by atoms with E-state index in [9.17, 15) is 22.8 Å². The van der Waals surface area contributed by atoms with Crippen LogP contribution in [0.3, 0.4) is 0 Å². The van der Waals surface area contributed by atoms with Crippen molar-refractivity contribution in [2.75, 3.05) is 6.54 Å². The van der Waals surface area contributed by atoms with Gasteiger partial charge in [-0.1, -0.05) is 24.3 Å². The van der Waals surface area contributed by atoms with E-state index in [0.717, 1.165) is 23.1 Å². The first-order valence-electron chi connectivity index (χ1n) is 6.26. The zero-order chi connectivity index (χ0) is 15.5. The number of imide groups is 1. The predicted octanol–water partition coefficient (Wildman–Crippen LogP) is 3.03. The van der Waals surface area contributed by atoms with Gasteiger partial charge in [-0.15, -0.1) is 0 Å². The third-order valence-corrected chi connectivity index (χ3v) is 2.98. The first-order valence-corrected chi connectivity index (χ1v) is 6.26. The zero-order valence-electron chi connectivity index (χ0n) is 10.9. The Morgan fingerprint density at radius 3 is 2.62 bits per heavy atom. The van der Waals surface area contributed by atoms with Crippen LogP contribution in [0, 0.1) is 0 Å². The van der Waals surface area contributed by atoms with Crippen molar-refractivity contribution in [3.8, 4) is 0 Å². The monoisotopic (exact) mass is 295 g/mol. The summed E-state index contributed by atoms with van der Waals surface area (Å²) in [5.74, 6) is -1.08. The minimum absolute atomic E-state index is 0.113. The molecule has 0 saturated carbocycles. The molecule has 6 heteroatoms. The second kappa shape index (κ2) is 5.95. The van der Waals surface area contributed by atoms with E-state index in [1.54, 1.807) is 6.08 Å². The summed E-state index contributed by atoms with van der Waals surface area (Å²) in [5, 5.41) is 0. The SMILES string of the molecule is O=C1C=CCCN1C(=O)C=Cc1ccccc1C(F)(F)F. The highest BCUT2D eigenvalue weighted by Crippen LogP contribution is 2.32. The van der Waals surface area contributed by atoms with Crippen LogP contribution in [0.5, 0.6) is 0 Å². The maximum absolute atomic E-state index is 12.8. The summed E-state index contributed by atoms with van der Waals surface area (Å²) in [7, 11) is 0. The molecule has 0 bridgehead atoms. The first kappa shape index (κ1) is 15.0. The second-order valence-corrected chi connectivity index (χ2v) is 4.44. The Bertz CT molecular complexity index is 618. The Morgan fingerprint density at radius 2 is 1.95 bits per heavy atom. The molecule has 0 saturated heterocycles. The third kappa shape index (κ3) is 3.59. The summed E-state index contributed by atoms with van der Waals surface area (Å²) in [6.45, 7) is 0.236. The van der Waals surface area contributed by atoms with Gasteiger partial charge in [-0.05, 0) is 30.2 Å². The van der Waals surface area contributed by atoms with E-state index in [0.29, 0.717) is 6.42 Å². The molecule has 0 unspecified atom stereocenters. The van der Waals surface area contributed by atoms with Gasteiger partial charge < -0.3 is 0 Å². The van der Waals surface area contributed by atoms with Gasteiger partial charge in [0.15, 0.2) is 0 Å². The minimum atomic E-state index is -4.49. The van der Waals surface area contributed by atoms with Crippen LogP contribution in [0.1, 0.15) is 17.5 Å². The standard InChI is InChI=1S/C15H12F3NO2/c16-15(17,18)12-6-2-1-5-11(12)8-9-14(21)19-10-4-3-7-13(19)20/h1-3,5-9H,4,10H2. The molecule has 21 heavy (non-hydrogen) atoms. The number of hydrogen-bond donors (Lipinski definition) is 0. The van der Waals surface area contributed by atoms with Crippen molar-refractivity contribution in [1.82, 2.24) is 4.90 Å². The quantitative estimate of drug-likeness (QED) is 0.786. The number of halogens is 3. The van der Waals surface area contributed by atoms with Crippen LogP contribution in [0.15, 0.2) is 42.5 Å². The van der Waals surface area contributed by atoms with Crippen LogP contribution in [0.2, 0.25) is 0 Å². The van der Waals surface area contributed by atoms with E-state index >= 15 is 0 Å². The average molecular weight is 295 g/mol. The fourth-order valence-electron chi connectivity index (χ4n) is 1.96. The number of hydrogen-bond acceptors (Lipinski definition) is 2. The number of carbonyl (C=O) groups is 2. The maximum atomic E-state index is 12.8. The molecule has 0 spiro atoms. The van der Waals surface area contributed by atoms with Gasteiger partial charge in [-0.2, -0.15) is 13.2 Å². The molecule has 1 heterocycles. The molecule has 0 radical (unpaired) electrons. The zero-order valence-corrected chi connectivity index (χ0v) is 10.9. The van der Waals surface area contributed by atoms with Crippen molar-refractivity contribution < 1.29 is 22.8 Å². The maximum Gasteiger partial charge on any atom is 0.416 e. The molecular weight excluding hydrogens is 283 g/mol. The lowest BCUT2D eigenvalue weighted by molar-refractivity contribution is -0.139. The van der Waals surface area contributed by atoms with Gasteiger partial charge in [-0.3, -0.25) is 14.5 Å². The Labute approximate surface area is 119 Å². The van der Waals surface area contributed by atoms with Crippen LogP contribution in [-0.2, 0) is 15.8 Å². The summed E-state index contributed by atoms with van der Waals surface area (Å²) < 4.78 is 38.4. The van der Waals surface area contributed by atoms with Gasteiger partial charge in [-0.25, -0.2) is 0 Å². The Balaban J connectivity index is 2.20. The van der Waals surface area contributed by atoms with Gasteiger partial charge in [0.25, 0.3) is 11.8 Å². The number of nitrogens with zero attached hydrogens (tertiary/aromatic N) is 1. The first-order chi connectivity index (χ1) is 9.89. The molecule has 0 aromatic heterocycles. The average Bonchev–Trinajstić information content (AvgIpc) is 2.44. The van der Waals surface area contributed by atoms with Crippen molar-refractivity contribution >= 4 is 17.9 Å². The largest absolute Gasteiger partial charge is 0.416 e. The van der Waals surface area contributed by atoms with Crippen molar-refractivity contribution in [3.63, 3.8) is 0 Å². The molecule has 0 N–H and O–H groups in total. The van der Waals surface area contributed by atoms with E-state index in [2.05, 4.69) is 0 Å². The highest BCUT2D eigenvalue weighted by atomic mass is 19.4. The molecule has 3 nitrogen and oxygen atoms in total. The lowest BCUT2D eigenvalue weighted by atomic mass is 10.1. The topological polar surface area (TPSA) is 37.4 Å². The van der Waals surface area contributed by atoms with E-state index < -0.39 is 23.6 Å². The van der Waals surface area contributed by atoms with Crippen LogP contribution < -0.4 is 0 Å². The van der Waals surface area contributed by atoms with Gasteiger partial charge in [0.1, 0.15) is 0 Å². The van der Waals surface area contributed by atoms with Crippen molar-refractivity contribution in [1.29, 1.82) is 0 Å². The van der Waals surface area contributed by atoms with Gasteiger partial charge in [0, 0.05) is 12.6 Å². The molecule has 1 aliphatic heterocycles. The van der Waals surface area contributed by atoms with Crippen molar-refractivity contribution in [3.05, 3.63) is 53.6 Å². The molecule has 2 rings (SSSR count).